The Morgan fingerprint density at radius 1 is 1.11 bits per heavy atom. The van der Waals surface area contributed by atoms with Crippen molar-refractivity contribution in [3.05, 3.63) is 76.1 Å². The van der Waals surface area contributed by atoms with Gasteiger partial charge in [0.2, 0.25) is 0 Å². The maximum atomic E-state index is 6.40. The van der Waals surface area contributed by atoms with Gasteiger partial charge in [-0.1, -0.05) is 48.0 Å². The number of nitrogens with zero attached hydrogens (tertiary/aromatic N) is 4. The number of hydrogen-bond acceptors (Lipinski definition) is 5. The number of rotatable bonds is 4. The van der Waals surface area contributed by atoms with Gasteiger partial charge < -0.3 is 4.98 Å². The predicted molar refractivity (Wildman–Crippen MR) is 112 cm³/mol. The van der Waals surface area contributed by atoms with Crippen molar-refractivity contribution >= 4 is 22.9 Å². The lowest BCUT2D eigenvalue weighted by atomic mass is 10.1. The largest absolute Gasteiger partial charge is 0.339 e. The van der Waals surface area contributed by atoms with Gasteiger partial charge >= 0.3 is 0 Å². The lowest BCUT2D eigenvalue weighted by Gasteiger charge is -2.27. The lowest BCUT2D eigenvalue weighted by Crippen LogP contribution is -2.31. The number of benzene rings is 1. The van der Waals surface area contributed by atoms with Gasteiger partial charge in [-0.2, -0.15) is 0 Å². The van der Waals surface area contributed by atoms with Gasteiger partial charge in [-0.15, -0.1) is 11.3 Å². The normalized spacial score (nSPS) is 14.2. The van der Waals surface area contributed by atoms with E-state index in [2.05, 4.69) is 31.3 Å². The molecule has 5 nitrogen and oxygen atoms in total. The Bertz CT molecular complexity index is 1090. The summed E-state index contributed by atoms with van der Waals surface area (Å²) in [5.41, 5.74) is 4.31. The van der Waals surface area contributed by atoms with Crippen LogP contribution in [-0.2, 0) is 19.5 Å². The van der Waals surface area contributed by atoms with Crippen molar-refractivity contribution in [3.8, 4) is 22.1 Å². The van der Waals surface area contributed by atoms with Crippen LogP contribution < -0.4 is 0 Å². The van der Waals surface area contributed by atoms with E-state index >= 15 is 0 Å². The van der Waals surface area contributed by atoms with E-state index in [-0.39, 0.29) is 0 Å². The summed E-state index contributed by atoms with van der Waals surface area (Å²) >= 11 is 8.07. The van der Waals surface area contributed by atoms with E-state index in [0.717, 1.165) is 59.5 Å². The van der Waals surface area contributed by atoms with Gasteiger partial charge in [-0.25, -0.2) is 15.0 Å². The summed E-state index contributed by atoms with van der Waals surface area (Å²) in [6, 6.07) is 14.1. The van der Waals surface area contributed by atoms with E-state index < -0.39 is 0 Å². The molecule has 1 N–H and O–H groups in total. The maximum Gasteiger partial charge on any atom is 0.169 e. The van der Waals surface area contributed by atoms with E-state index in [1.54, 1.807) is 11.3 Å². The van der Waals surface area contributed by atoms with Crippen LogP contribution in [0.4, 0.5) is 0 Å². The van der Waals surface area contributed by atoms with Crippen molar-refractivity contribution in [1.82, 2.24) is 24.8 Å². The summed E-state index contributed by atoms with van der Waals surface area (Å²) < 4.78 is 0. The van der Waals surface area contributed by atoms with E-state index in [4.69, 9.17) is 16.6 Å². The molecule has 28 heavy (non-hydrogen) atoms. The maximum absolute atomic E-state index is 6.40. The number of fused-ring (bicyclic) bond motifs is 1. The van der Waals surface area contributed by atoms with Gasteiger partial charge in [0.1, 0.15) is 5.82 Å². The second kappa shape index (κ2) is 7.47. The predicted octanol–water partition coefficient (Wildman–Crippen LogP) is 4.81. The first-order chi connectivity index (χ1) is 13.8. The van der Waals surface area contributed by atoms with Crippen LogP contribution >= 0.6 is 22.9 Å². The van der Waals surface area contributed by atoms with Crippen molar-refractivity contribution in [2.75, 3.05) is 6.54 Å². The summed E-state index contributed by atoms with van der Waals surface area (Å²) in [6.45, 7) is 2.48. The fourth-order valence-corrected chi connectivity index (χ4v) is 4.34. The van der Waals surface area contributed by atoms with Gasteiger partial charge in [0.25, 0.3) is 0 Å². The highest BCUT2D eigenvalue weighted by molar-refractivity contribution is 7.13. The molecular formula is C21H18ClN5S. The zero-order valence-electron chi connectivity index (χ0n) is 15.1. The first kappa shape index (κ1) is 17.6. The molecule has 0 unspecified atom stereocenters. The van der Waals surface area contributed by atoms with Gasteiger partial charge in [-0.3, -0.25) is 4.90 Å². The van der Waals surface area contributed by atoms with Crippen molar-refractivity contribution in [2.45, 2.75) is 19.5 Å². The van der Waals surface area contributed by atoms with Crippen LogP contribution in [0.1, 0.15) is 17.0 Å². The number of halogens is 1. The quantitative estimate of drug-likeness (QED) is 0.527. The Kier molecular flexibility index (Phi) is 4.68. The highest BCUT2D eigenvalue weighted by Gasteiger charge is 2.21. The molecule has 0 saturated carbocycles. The monoisotopic (exact) mass is 407 g/mol. The molecule has 0 atom stereocenters. The molecule has 7 heteroatoms. The number of imidazole rings is 1. The van der Waals surface area contributed by atoms with E-state index in [9.17, 15) is 0 Å². The Hall–Kier alpha value is -2.54. The number of H-pyrrole nitrogens is 1. The molecule has 140 valence electrons. The average molecular weight is 408 g/mol. The van der Waals surface area contributed by atoms with Gasteiger partial charge in [0.05, 0.1) is 16.3 Å². The molecule has 1 aliphatic rings. The molecule has 0 amide bonds. The molecule has 0 fully saturated rings. The van der Waals surface area contributed by atoms with Crippen LogP contribution in [0.5, 0.6) is 0 Å². The smallest absolute Gasteiger partial charge is 0.169 e. The minimum absolute atomic E-state index is 0.536. The third-order valence-electron chi connectivity index (χ3n) is 4.91. The molecule has 4 heterocycles. The molecule has 0 aliphatic carbocycles. The van der Waals surface area contributed by atoms with Gasteiger partial charge in [-0.05, 0) is 11.4 Å². The summed E-state index contributed by atoms with van der Waals surface area (Å²) in [6.07, 6.45) is 2.88. The SMILES string of the molecule is Clc1nc(-c2ccccc2)[nH]c1CN1CCc2nc(-c3cccs3)ncc2C1. The van der Waals surface area contributed by atoms with Crippen LogP contribution in [0.2, 0.25) is 5.15 Å². The van der Waals surface area contributed by atoms with Crippen LogP contribution in [0.3, 0.4) is 0 Å². The highest BCUT2D eigenvalue weighted by atomic mass is 35.5. The Morgan fingerprint density at radius 2 is 2.00 bits per heavy atom. The van der Waals surface area contributed by atoms with Crippen LogP contribution in [0, 0.1) is 0 Å². The third kappa shape index (κ3) is 3.46. The third-order valence-corrected chi connectivity index (χ3v) is 6.09. The molecule has 5 rings (SSSR count). The topological polar surface area (TPSA) is 57.7 Å². The number of aromatic nitrogens is 4. The van der Waals surface area contributed by atoms with E-state index in [1.807, 2.05) is 42.6 Å². The molecule has 3 aromatic heterocycles. The minimum Gasteiger partial charge on any atom is -0.339 e. The van der Waals surface area contributed by atoms with Crippen LogP contribution in [0.15, 0.2) is 54.0 Å². The van der Waals surface area contributed by atoms with Crippen molar-refractivity contribution in [2.24, 2.45) is 0 Å². The zero-order valence-corrected chi connectivity index (χ0v) is 16.7. The molecule has 0 spiro atoms. The summed E-state index contributed by atoms with van der Waals surface area (Å²) in [4.78, 5) is 20.7. The Balaban J connectivity index is 1.33. The molecule has 0 bridgehead atoms. The second-order valence-corrected chi connectivity index (χ2v) is 8.13. The number of thiophene rings is 1. The standard InChI is InChI=1S/C21H18ClN5S/c22-19-17(25-20(26-19)14-5-2-1-3-6-14)13-27-9-8-16-15(12-27)11-23-21(24-16)18-7-4-10-28-18/h1-7,10-11H,8-9,12-13H2,(H,25,26). The first-order valence-electron chi connectivity index (χ1n) is 9.17. The van der Waals surface area contributed by atoms with Crippen LogP contribution in [0.25, 0.3) is 22.1 Å². The first-order valence-corrected chi connectivity index (χ1v) is 10.4. The molecular weight excluding hydrogens is 390 g/mol. The zero-order chi connectivity index (χ0) is 18.9. The summed E-state index contributed by atoms with van der Waals surface area (Å²) in [7, 11) is 0. The van der Waals surface area contributed by atoms with Gasteiger partial charge in [0, 0.05) is 43.4 Å². The lowest BCUT2D eigenvalue weighted by molar-refractivity contribution is 0.240. The molecule has 0 radical (unpaired) electrons. The fraction of sp³-hybridized carbons (Fsp3) is 0.190. The number of nitrogens with one attached hydrogen (secondary N) is 1. The van der Waals surface area contributed by atoms with Crippen molar-refractivity contribution in [3.63, 3.8) is 0 Å². The van der Waals surface area contributed by atoms with E-state index in [0.29, 0.717) is 5.15 Å². The Morgan fingerprint density at radius 3 is 2.82 bits per heavy atom. The van der Waals surface area contributed by atoms with Crippen molar-refractivity contribution in [1.29, 1.82) is 0 Å². The highest BCUT2D eigenvalue weighted by Crippen LogP contribution is 2.26. The second-order valence-electron chi connectivity index (χ2n) is 6.82. The molecule has 0 saturated heterocycles. The summed E-state index contributed by atoms with van der Waals surface area (Å²) in [5.74, 6) is 1.63. The van der Waals surface area contributed by atoms with Gasteiger partial charge in [0.15, 0.2) is 11.0 Å². The molecule has 1 aliphatic heterocycles. The Labute approximate surface area is 172 Å². The van der Waals surface area contributed by atoms with Crippen LogP contribution in [-0.4, -0.2) is 31.4 Å². The minimum atomic E-state index is 0.536. The fourth-order valence-electron chi connectivity index (χ4n) is 3.48. The number of hydrogen-bond donors (Lipinski definition) is 1. The molecule has 1 aromatic carbocycles. The summed E-state index contributed by atoms with van der Waals surface area (Å²) in [5, 5.41) is 2.59. The average Bonchev–Trinajstić information content (AvgIpc) is 3.39. The molecule has 4 aromatic rings. The van der Waals surface area contributed by atoms with E-state index in [1.165, 1.54) is 5.56 Å². The number of aromatic amines is 1. The van der Waals surface area contributed by atoms with Crippen molar-refractivity contribution < 1.29 is 0 Å².